The van der Waals surface area contributed by atoms with Crippen LogP contribution in [0.15, 0.2) is 48.5 Å². The number of nitrogens with two attached hydrogens (primary N) is 1. The number of rotatable bonds is 10. The first-order valence-electron chi connectivity index (χ1n) is 16.3. The Bertz CT molecular complexity index is 2040. The van der Waals surface area contributed by atoms with Crippen LogP contribution in [0.25, 0.3) is 0 Å². The minimum atomic E-state index is -3.98. The minimum absolute atomic E-state index is 0.297. The van der Waals surface area contributed by atoms with Crippen molar-refractivity contribution in [2.75, 3.05) is 13.9 Å². The Kier molecular flexibility index (Phi) is 9.57. The van der Waals surface area contributed by atoms with Crippen molar-refractivity contribution in [2.24, 2.45) is 5.73 Å². The maximum atomic E-state index is 13.6. The van der Waals surface area contributed by atoms with Crippen LogP contribution < -0.4 is 15.8 Å². The van der Waals surface area contributed by atoms with E-state index in [0.717, 1.165) is 18.1 Å². The molecular weight excluding hydrogens is 737 g/mol. The number of methoxy groups -OCH3 is 1. The largest absolute Gasteiger partial charge is 0.465 e. The van der Waals surface area contributed by atoms with Crippen molar-refractivity contribution < 1.29 is 60.9 Å². The maximum absolute atomic E-state index is 13.6. The van der Waals surface area contributed by atoms with Crippen LogP contribution in [0.1, 0.15) is 66.4 Å². The zero-order valence-corrected chi connectivity index (χ0v) is 30.7. The van der Waals surface area contributed by atoms with Gasteiger partial charge >= 0.3 is 23.9 Å². The van der Waals surface area contributed by atoms with Gasteiger partial charge < -0.3 is 39.8 Å². The molecule has 2 aromatic rings. The Morgan fingerprint density at radius 3 is 2.17 bits per heavy atom. The summed E-state index contributed by atoms with van der Waals surface area (Å²) in [4.78, 5) is 93.5. The van der Waals surface area contributed by atoms with E-state index in [2.05, 4.69) is 5.32 Å². The number of benzene rings is 2. The van der Waals surface area contributed by atoms with E-state index in [1.807, 2.05) is 0 Å². The molecule has 0 aromatic heterocycles. The number of hydrogen-bond donors (Lipinski definition) is 2. The lowest BCUT2D eigenvalue weighted by Crippen LogP contribution is -2.71. The van der Waals surface area contributed by atoms with Crippen LogP contribution in [0.5, 0.6) is 5.75 Å². The predicted molar refractivity (Wildman–Crippen MR) is 183 cm³/mol. The smallest absolute Gasteiger partial charge is 0.344 e. The minimum Gasteiger partial charge on any atom is -0.465 e. The van der Waals surface area contributed by atoms with Crippen LogP contribution in [-0.4, -0.2) is 112 Å². The first-order chi connectivity index (χ1) is 24.8. The molecule has 6 atom stereocenters. The van der Waals surface area contributed by atoms with Gasteiger partial charge in [0.2, 0.25) is 24.5 Å². The number of β-lactam (4-membered cyclic amide) rings is 2. The molecule has 0 saturated carbocycles. The highest BCUT2D eigenvalue weighted by atomic mass is 32.2. The van der Waals surface area contributed by atoms with Gasteiger partial charge in [0.15, 0.2) is 21.6 Å². The Morgan fingerprint density at radius 1 is 0.906 bits per heavy atom. The number of carbonyl (C=O) groups is 7. The van der Waals surface area contributed by atoms with Gasteiger partial charge in [-0.2, -0.15) is 0 Å². The standard InChI is InChI=1S/C34H36N4O13S2/c1-33(2)24(38-27(41)22(28(38)52-33)36-26(40)21(35)16-10-7-6-8-11-16)31(44)50-15-49-30(43)18-13-9-12-17(29(42)48-5)23(18)51-32(45)25-34(3,4)53(46,47)20-14-19(39)37(20)25/h6-13,20-22,24-25,28H,14-15,35H2,1-5H3,(H,36,40)/t20-,21?,22-,24+,25+,28-/m1/s1. The molecule has 4 aliphatic heterocycles. The lowest BCUT2D eigenvalue weighted by Gasteiger charge is -2.44. The molecule has 6 rings (SSSR count). The molecule has 1 unspecified atom stereocenters. The Morgan fingerprint density at radius 2 is 1.55 bits per heavy atom. The lowest BCUT2D eigenvalue weighted by atomic mass is 9.95. The molecule has 3 amide bonds. The second-order valence-electron chi connectivity index (χ2n) is 13.8. The number of ether oxygens (including phenoxy) is 4. The van der Waals surface area contributed by atoms with E-state index in [1.165, 1.54) is 42.6 Å². The molecular formula is C34H36N4O13S2. The topological polar surface area (TPSA) is 235 Å². The molecule has 0 spiro atoms. The van der Waals surface area contributed by atoms with Crippen molar-refractivity contribution in [3.63, 3.8) is 0 Å². The number of nitrogens with zero attached hydrogens (tertiary/aromatic N) is 2. The van der Waals surface area contributed by atoms with E-state index >= 15 is 0 Å². The van der Waals surface area contributed by atoms with E-state index < -0.39 is 120 Å². The third-order valence-electron chi connectivity index (χ3n) is 9.84. The fourth-order valence-electron chi connectivity index (χ4n) is 6.92. The third-order valence-corrected chi connectivity index (χ3v) is 14.2. The average Bonchev–Trinajstić information content (AvgIpc) is 3.44. The number of hydrogen-bond acceptors (Lipinski definition) is 15. The summed E-state index contributed by atoms with van der Waals surface area (Å²) in [6.07, 6.45) is -0.297. The quantitative estimate of drug-likeness (QED) is 0.144. The molecule has 19 heteroatoms. The lowest BCUT2D eigenvalue weighted by molar-refractivity contribution is -0.169. The number of sulfone groups is 1. The molecule has 0 bridgehead atoms. The van der Waals surface area contributed by atoms with Crippen molar-refractivity contribution in [1.82, 2.24) is 15.1 Å². The van der Waals surface area contributed by atoms with Gasteiger partial charge in [-0.1, -0.05) is 36.4 Å². The Balaban J connectivity index is 1.13. The zero-order valence-electron chi connectivity index (χ0n) is 29.1. The van der Waals surface area contributed by atoms with Gasteiger partial charge in [-0.3, -0.25) is 14.4 Å². The SMILES string of the molecule is COC(=O)c1cccc(C(=O)OCOC(=O)[C@@H]2N3C(=O)[C@@H](NC(=O)C(N)c4ccccc4)[C@H]3SC2(C)C)c1OC(=O)[C@@H]1N2C(=O)C[C@H]2S(=O)(=O)C1(C)C. The van der Waals surface area contributed by atoms with Crippen molar-refractivity contribution in [3.8, 4) is 5.75 Å². The van der Waals surface area contributed by atoms with Crippen LogP contribution in [0.3, 0.4) is 0 Å². The van der Waals surface area contributed by atoms with Gasteiger partial charge in [-0.25, -0.2) is 27.6 Å². The number of thioether (sulfide) groups is 1. The van der Waals surface area contributed by atoms with E-state index in [9.17, 15) is 42.0 Å². The van der Waals surface area contributed by atoms with E-state index in [4.69, 9.17) is 24.7 Å². The molecule has 0 radical (unpaired) electrons. The van der Waals surface area contributed by atoms with Gasteiger partial charge in [0.25, 0.3) is 0 Å². The number of esters is 4. The fourth-order valence-corrected chi connectivity index (χ4v) is 10.7. The van der Waals surface area contributed by atoms with Crippen molar-refractivity contribution in [1.29, 1.82) is 0 Å². The highest BCUT2D eigenvalue weighted by Gasteiger charge is 2.68. The number of fused-ring (bicyclic) bond motifs is 2. The number of nitrogens with one attached hydrogen (secondary N) is 1. The summed E-state index contributed by atoms with van der Waals surface area (Å²) < 4.78 is 44.1. The van der Waals surface area contributed by atoms with E-state index in [1.54, 1.807) is 44.2 Å². The Labute approximate surface area is 307 Å². The molecule has 3 N–H and O–H groups in total. The van der Waals surface area contributed by atoms with Crippen LogP contribution in [0, 0.1) is 0 Å². The third kappa shape index (κ3) is 6.09. The van der Waals surface area contributed by atoms with Gasteiger partial charge in [-0.15, -0.1) is 11.8 Å². The molecule has 17 nitrogen and oxygen atoms in total. The Hall–Kier alpha value is -5.01. The second kappa shape index (κ2) is 13.4. The highest BCUT2D eigenvalue weighted by Crippen LogP contribution is 2.51. The molecule has 2 aromatic carbocycles. The summed E-state index contributed by atoms with van der Waals surface area (Å²) in [6.45, 7) is 5.01. The first-order valence-corrected chi connectivity index (χ1v) is 18.7. The zero-order chi connectivity index (χ0) is 38.8. The normalized spacial score (nSPS) is 26.2. The summed E-state index contributed by atoms with van der Waals surface area (Å²) in [5.41, 5.74) is 5.77. The number of carbonyl (C=O) groups excluding carboxylic acids is 7. The van der Waals surface area contributed by atoms with Crippen LogP contribution in [-0.2, 0) is 48.0 Å². The van der Waals surface area contributed by atoms with Crippen molar-refractivity contribution >= 4 is 63.2 Å². The summed E-state index contributed by atoms with van der Waals surface area (Å²) in [5.74, 6) is -6.68. The molecule has 4 aliphatic rings. The van der Waals surface area contributed by atoms with Crippen molar-refractivity contribution in [2.45, 2.75) is 78.5 Å². The van der Waals surface area contributed by atoms with Crippen LogP contribution in [0.2, 0.25) is 0 Å². The van der Waals surface area contributed by atoms with E-state index in [0.29, 0.717) is 5.56 Å². The monoisotopic (exact) mass is 772 g/mol. The fraction of sp³-hybridized carbons (Fsp3) is 0.441. The van der Waals surface area contributed by atoms with Gasteiger partial charge in [0.05, 0.1) is 18.3 Å². The highest BCUT2D eigenvalue weighted by molar-refractivity contribution is 8.01. The molecule has 4 fully saturated rings. The maximum Gasteiger partial charge on any atom is 0.344 e. The average molecular weight is 773 g/mol. The summed E-state index contributed by atoms with van der Waals surface area (Å²) in [5, 5.41) is 0.841. The second-order valence-corrected chi connectivity index (χ2v) is 18.2. The first kappa shape index (κ1) is 37.7. The molecule has 0 aliphatic carbocycles. The summed E-state index contributed by atoms with van der Waals surface area (Å²) in [7, 11) is -2.94. The molecule has 4 heterocycles. The van der Waals surface area contributed by atoms with Crippen molar-refractivity contribution in [3.05, 3.63) is 65.2 Å². The van der Waals surface area contributed by atoms with Gasteiger partial charge in [-0.05, 0) is 45.4 Å². The predicted octanol–water partition coefficient (Wildman–Crippen LogP) is 0.417. The van der Waals surface area contributed by atoms with Gasteiger partial charge in [0.1, 0.15) is 40.0 Å². The van der Waals surface area contributed by atoms with Crippen LogP contribution in [0.4, 0.5) is 0 Å². The summed E-state index contributed by atoms with van der Waals surface area (Å²) >= 11 is 1.27. The summed E-state index contributed by atoms with van der Waals surface area (Å²) in [6, 6.07) is 7.51. The molecule has 282 valence electrons. The van der Waals surface area contributed by atoms with Gasteiger partial charge in [0, 0.05) is 4.75 Å². The van der Waals surface area contributed by atoms with Crippen LogP contribution >= 0.6 is 11.8 Å². The number of para-hydroxylation sites is 1. The molecule has 4 saturated heterocycles. The molecule has 53 heavy (non-hydrogen) atoms. The van der Waals surface area contributed by atoms with E-state index in [-0.39, 0.29) is 6.42 Å². The number of amides is 3.